The maximum absolute atomic E-state index is 9.00. The van der Waals surface area contributed by atoms with Gasteiger partial charge in [0.05, 0.1) is 6.07 Å². The third-order valence-corrected chi connectivity index (χ3v) is 3.17. The van der Waals surface area contributed by atoms with Gasteiger partial charge in [0.25, 0.3) is 0 Å². The number of hydrogen-bond donors (Lipinski definition) is 1. The Labute approximate surface area is 113 Å². The fourth-order valence-corrected chi connectivity index (χ4v) is 2.16. The van der Waals surface area contributed by atoms with Gasteiger partial charge in [0.2, 0.25) is 0 Å². The number of nitriles is 1. The van der Waals surface area contributed by atoms with Gasteiger partial charge in [-0.1, -0.05) is 21.9 Å². The Morgan fingerprint density at radius 1 is 0.944 bits per heavy atom. The summed E-state index contributed by atoms with van der Waals surface area (Å²) < 4.78 is 0. The molecule has 1 aromatic rings. The Morgan fingerprint density at radius 3 is 1.89 bits per heavy atom. The third-order valence-electron chi connectivity index (χ3n) is 3.17. The van der Waals surface area contributed by atoms with Crippen molar-refractivity contribution in [3.63, 3.8) is 0 Å². The molecule has 0 amide bonds. The van der Waals surface area contributed by atoms with E-state index in [1.165, 1.54) is 0 Å². The van der Waals surface area contributed by atoms with Crippen LogP contribution in [0.4, 0.5) is 5.69 Å². The van der Waals surface area contributed by atoms with Gasteiger partial charge in [-0.2, -0.15) is 5.26 Å². The summed E-state index contributed by atoms with van der Waals surface area (Å²) in [5, 5.41) is 12.2. The van der Waals surface area contributed by atoms with Gasteiger partial charge in [0.15, 0.2) is 0 Å². The fraction of sp³-hybridized carbons (Fsp3) is 0.364. The monoisotopic (exact) mass is 227 g/mol. The van der Waals surface area contributed by atoms with E-state index in [1.54, 1.807) is 0 Å². The molecule has 1 aromatic carbocycles. The average molecular weight is 226 g/mol. The summed E-state index contributed by atoms with van der Waals surface area (Å²) in [6.45, 7) is 3.25. The molecule has 0 atom stereocenters. The minimum atomic E-state index is 0.156. The van der Waals surface area contributed by atoms with E-state index in [2.05, 4.69) is 5.32 Å². The summed E-state index contributed by atoms with van der Waals surface area (Å²) in [5.74, 6) is 0. The van der Waals surface area contributed by atoms with E-state index < -0.39 is 0 Å². The van der Waals surface area contributed by atoms with Crippen molar-refractivity contribution < 1.29 is 0 Å². The van der Waals surface area contributed by atoms with E-state index >= 15 is 0 Å². The van der Waals surface area contributed by atoms with E-state index in [0.29, 0.717) is 16.6 Å². The van der Waals surface area contributed by atoms with Crippen LogP contribution in [0.3, 0.4) is 0 Å². The van der Waals surface area contributed by atoms with Gasteiger partial charge in [-0.15, -0.1) is 0 Å². The minimum absolute atomic E-state index is 0.156. The van der Waals surface area contributed by atoms with Crippen molar-refractivity contribution in [1.29, 1.82) is 5.26 Å². The molecule has 1 aliphatic heterocycles. The lowest BCUT2D eigenvalue weighted by molar-refractivity contribution is 0.591. The van der Waals surface area contributed by atoms with Gasteiger partial charge >= 0.3 is 0 Å². The number of hydrogen-bond acceptors (Lipinski definition) is 3. The second kappa shape index (κ2) is 5.16. The van der Waals surface area contributed by atoms with Crippen molar-refractivity contribution in [2.24, 2.45) is 0 Å². The maximum Gasteiger partial charge on any atom is 0.115 e. The summed E-state index contributed by atoms with van der Waals surface area (Å²) in [6.07, 6.45) is 0. The summed E-state index contributed by atoms with van der Waals surface area (Å²) in [4.78, 5) is 2.04. The summed E-state index contributed by atoms with van der Waals surface area (Å²) in [7, 11) is 23.7. The molecule has 18 heavy (non-hydrogen) atoms. The average Bonchev–Trinajstić information content (AvgIpc) is 2.39. The van der Waals surface area contributed by atoms with Crippen molar-refractivity contribution in [3.8, 4) is 6.07 Å². The quantitative estimate of drug-likeness (QED) is 0.498. The molecule has 0 spiro atoms. The first-order chi connectivity index (χ1) is 8.57. The highest BCUT2D eigenvalue weighted by Crippen LogP contribution is 2.07. The minimum Gasteiger partial charge on any atom is -0.370 e. The molecule has 0 aromatic heterocycles. The molecule has 1 heterocycles. The zero-order valence-corrected chi connectivity index (χ0v) is 10.0. The molecule has 1 aliphatic rings. The van der Waals surface area contributed by atoms with E-state index in [-0.39, 0.29) is 16.5 Å². The van der Waals surface area contributed by atoms with Gasteiger partial charge < -0.3 is 10.2 Å². The number of piperazine rings is 1. The fourth-order valence-electron chi connectivity index (χ4n) is 2.16. The Morgan fingerprint density at radius 2 is 1.44 bits per heavy atom. The van der Waals surface area contributed by atoms with Crippen LogP contribution in [0.15, 0.2) is 0 Å². The van der Waals surface area contributed by atoms with E-state index in [4.69, 9.17) is 36.6 Å². The summed E-state index contributed by atoms with van der Waals surface area (Å²) in [6, 6.07) is 1.93. The molecule has 0 bridgehead atoms. The summed E-state index contributed by atoms with van der Waals surface area (Å²) in [5.41, 5.74) is 1.88. The van der Waals surface area contributed by atoms with E-state index in [0.717, 1.165) is 26.2 Å². The molecule has 0 saturated carbocycles. The Bertz CT molecular complexity index is 489. The molecule has 1 fully saturated rings. The second-order valence-corrected chi connectivity index (χ2v) is 4.23. The highest BCUT2D eigenvalue weighted by molar-refractivity contribution is 6.60. The number of nitrogens with one attached hydrogen (secondary N) is 1. The van der Waals surface area contributed by atoms with Crippen molar-refractivity contribution >= 4 is 58.9 Å². The normalized spacial score (nSPS) is 15.4. The van der Waals surface area contributed by atoms with Crippen LogP contribution < -0.4 is 32.1 Å². The van der Waals surface area contributed by atoms with Crippen molar-refractivity contribution in [3.05, 3.63) is 5.56 Å². The smallest absolute Gasteiger partial charge is 0.115 e. The van der Waals surface area contributed by atoms with Crippen molar-refractivity contribution in [2.45, 2.75) is 0 Å². The second-order valence-electron chi connectivity index (χ2n) is 4.23. The van der Waals surface area contributed by atoms with Crippen LogP contribution in [0, 0.1) is 11.3 Å². The molecule has 0 unspecified atom stereocenters. The van der Waals surface area contributed by atoms with Gasteiger partial charge in [-0.25, -0.2) is 0 Å². The lowest BCUT2D eigenvalue weighted by Crippen LogP contribution is -2.53. The molecule has 3 nitrogen and oxygen atoms in total. The molecular formula is C11H9B4N3. The highest BCUT2D eigenvalue weighted by Gasteiger charge is 2.18. The molecule has 7 heteroatoms. The predicted octanol–water partition coefficient (Wildman–Crippen LogP) is -3.86. The standard InChI is InChI=1S/C11H9B4N3/c12-7-6(5-16)8(13)10(15)11(9(7)14)18-3-1-17-2-4-18/h17H,1-4H2. The predicted molar refractivity (Wildman–Crippen MR) is 77.8 cm³/mol. The van der Waals surface area contributed by atoms with Gasteiger partial charge in [-0.3, -0.25) is 0 Å². The molecule has 80 valence electrons. The van der Waals surface area contributed by atoms with Gasteiger partial charge in [-0.05, 0) is 0 Å². The van der Waals surface area contributed by atoms with E-state index in [1.807, 2.05) is 11.0 Å². The number of benzene rings is 1. The Kier molecular flexibility index (Phi) is 3.77. The zero-order valence-electron chi connectivity index (χ0n) is 10.0. The van der Waals surface area contributed by atoms with Crippen LogP contribution in [-0.2, 0) is 0 Å². The largest absolute Gasteiger partial charge is 0.370 e. The van der Waals surface area contributed by atoms with Crippen molar-refractivity contribution in [1.82, 2.24) is 5.32 Å². The first kappa shape index (κ1) is 13.2. The molecular weight excluding hydrogens is 217 g/mol. The first-order valence-corrected chi connectivity index (χ1v) is 5.69. The molecule has 2 rings (SSSR count). The first-order valence-electron chi connectivity index (χ1n) is 5.69. The van der Waals surface area contributed by atoms with Gasteiger partial charge in [0.1, 0.15) is 31.4 Å². The molecule has 1 saturated heterocycles. The highest BCUT2D eigenvalue weighted by atomic mass is 15.2. The molecule has 0 aliphatic carbocycles. The third kappa shape index (κ3) is 2.06. The van der Waals surface area contributed by atoms with Crippen LogP contribution >= 0.6 is 0 Å². The van der Waals surface area contributed by atoms with E-state index in [9.17, 15) is 0 Å². The Hall–Kier alpha value is -1.27. The zero-order chi connectivity index (χ0) is 13.3. The van der Waals surface area contributed by atoms with Crippen LogP contribution in [0.1, 0.15) is 5.56 Å². The lowest BCUT2D eigenvalue weighted by atomic mass is 9.66. The van der Waals surface area contributed by atoms with Crippen LogP contribution in [-0.4, -0.2) is 57.6 Å². The summed E-state index contributed by atoms with van der Waals surface area (Å²) >= 11 is 0. The maximum atomic E-state index is 9.00. The molecule has 8 radical (unpaired) electrons. The SMILES string of the molecule is [B]c1c([B])c(N2CCNCC2)c([B])c([B])c1C#N. The van der Waals surface area contributed by atoms with Crippen LogP contribution in [0.25, 0.3) is 0 Å². The van der Waals surface area contributed by atoms with Crippen LogP contribution in [0.2, 0.25) is 0 Å². The van der Waals surface area contributed by atoms with Gasteiger partial charge in [0, 0.05) is 37.4 Å². The Balaban J connectivity index is 2.57. The van der Waals surface area contributed by atoms with Crippen molar-refractivity contribution in [2.75, 3.05) is 31.1 Å². The lowest BCUT2D eigenvalue weighted by Gasteiger charge is -2.34. The number of anilines is 1. The topological polar surface area (TPSA) is 39.1 Å². The molecule has 1 N–H and O–H groups in total. The number of rotatable bonds is 1. The van der Waals surface area contributed by atoms with Crippen LogP contribution in [0.5, 0.6) is 0 Å². The number of nitrogens with zero attached hydrogens (tertiary/aromatic N) is 2.